The summed E-state index contributed by atoms with van der Waals surface area (Å²) in [6.45, 7) is 3.07. The number of rotatable bonds is 5. The number of hydrogen-bond acceptors (Lipinski definition) is 4. The summed E-state index contributed by atoms with van der Waals surface area (Å²) < 4.78 is 7.06. The molecule has 1 unspecified atom stereocenters. The zero-order valence-electron chi connectivity index (χ0n) is 13.9. The Bertz CT molecular complexity index is 744. The van der Waals surface area contributed by atoms with Crippen molar-refractivity contribution in [2.24, 2.45) is 5.92 Å². The highest BCUT2D eigenvalue weighted by Crippen LogP contribution is 2.25. The highest BCUT2D eigenvalue weighted by molar-refractivity contribution is 6.32. The van der Waals surface area contributed by atoms with Crippen LogP contribution in [0.15, 0.2) is 18.2 Å². The highest BCUT2D eigenvalue weighted by atomic mass is 35.5. The van der Waals surface area contributed by atoms with Gasteiger partial charge in [-0.2, -0.15) is 5.10 Å². The summed E-state index contributed by atoms with van der Waals surface area (Å²) in [6.07, 6.45) is 2.35. The van der Waals surface area contributed by atoms with E-state index >= 15 is 0 Å². The molecular weight excluding hydrogens is 328 g/mol. The van der Waals surface area contributed by atoms with Crippen molar-refractivity contribution in [3.05, 3.63) is 40.4 Å². The lowest BCUT2D eigenvalue weighted by atomic mass is 9.99. The van der Waals surface area contributed by atoms with Gasteiger partial charge in [0.05, 0.1) is 24.6 Å². The molecule has 1 amide bonds. The number of benzene rings is 1. The number of methoxy groups -OCH3 is 1. The van der Waals surface area contributed by atoms with E-state index in [0.717, 1.165) is 36.5 Å². The summed E-state index contributed by atoms with van der Waals surface area (Å²) in [5, 5.41) is 7.94. The minimum atomic E-state index is -0.0432. The molecule has 2 heterocycles. The molecule has 0 bridgehead atoms. The molecule has 0 saturated carbocycles. The largest absolute Gasteiger partial charge is 0.495 e. The summed E-state index contributed by atoms with van der Waals surface area (Å²) in [5.41, 5.74) is 1.08. The Labute approximate surface area is 146 Å². The third-order valence-electron chi connectivity index (χ3n) is 4.26. The zero-order chi connectivity index (χ0) is 17.1. The molecule has 6 nitrogen and oxygen atoms in total. The molecule has 0 saturated heterocycles. The molecule has 24 heavy (non-hydrogen) atoms. The van der Waals surface area contributed by atoms with Crippen LogP contribution in [0.1, 0.15) is 23.6 Å². The maximum Gasteiger partial charge on any atom is 0.225 e. The highest BCUT2D eigenvalue weighted by Gasteiger charge is 2.26. The van der Waals surface area contributed by atoms with Crippen LogP contribution >= 0.6 is 11.6 Å². The zero-order valence-corrected chi connectivity index (χ0v) is 14.6. The van der Waals surface area contributed by atoms with E-state index < -0.39 is 0 Å². The van der Waals surface area contributed by atoms with Gasteiger partial charge in [0, 0.05) is 13.0 Å². The Hall–Kier alpha value is -2.08. The lowest BCUT2D eigenvalue weighted by molar-refractivity contribution is -0.126. The van der Waals surface area contributed by atoms with E-state index in [2.05, 4.69) is 15.4 Å². The quantitative estimate of drug-likeness (QED) is 0.899. The van der Waals surface area contributed by atoms with Crippen LogP contribution in [-0.2, 0) is 24.2 Å². The maximum atomic E-state index is 12.4. The molecule has 0 aliphatic carbocycles. The molecule has 1 aromatic carbocycles. The average Bonchev–Trinajstić information content (AvgIpc) is 2.95. The Balaban J connectivity index is 1.51. The Morgan fingerprint density at radius 1 is 1.50 bits per heavy atom. The molecule has 3 rings (SSSR count). The van der Waals surface area contributed by atoms with E-state index in [9.17, 15) is 4.79 Å². The summed E-state index contributed by atoms with van der Waals surface area (Å²) in [6, 6.07) is 5.66. The third-order valence-corrected chi connectivity index (χ3v) is 4.58. The van der Waals surface area contributed by atoms with Crippen LogP contribution in [0.2, 0.25) is 5.02 Å². The van der Waals surface area contributed by atoms with Crippen LogP contribution in [0.5, 0.6) is 5.75 Å². The van der Waals surface area contributed by atoms with Gasteiger partial charge in [-0.15, -0.1) is 0 Å². The molecular formula is C17H21ClN4O2. The van der Waals surface area contributed by atoms with Crippen LogP contribution < -0.4 is 10.1 Å². The molecule has 128 valence electrons. The van der Waals surface area contributed by atoms with E-state index in [4.69, 9.17) is 16.3 Å². The van der Waals surface area contributed by atoms with Gasteiger partial charge in [0.1, 0.15) is 17.4 Å². The lowest BCUT2D eigenvalue weighted by Gasteiger charge is -2.21. The number of carbonyl (C=O) groups excluding carboxylic acids is 1. The van der Waals surface area contributed by atoms with E-state index in [1.54, 1.807) is 7.11 Å². The molecule has 1 aliphatic heterocycles. The van der Waals surface area contributed by atoms with Crippen molar-refractivity contribution in [3.63, 3.8) is 0 Å². The number of carbonyl (C=O) groups is 1. The molecule has 1 atom stereocenters. The lowest BCUT2D eigenvalue weighted by Crippen LogP contribution is -2.37. The van der Waals surface area contributed by atoms with E-state index in [1.165, 1.54) is 0 Å². The molecule has 2 aromatic rings. The van der Waals surface area contributed by atoms with Gasteiger partial charge in [-0.05, 0) is 37.5 Å². The monoisotopic (exact) mass is 348 g/mol. The van der Waals surface area contributed by atoms with Crippen molar-refractivity contribution >= 4 is 17.5 Å². The van der Waals surface area contributed by atoms with E-state index in [1.807, 2.05) is 29.8 Å². The van der Waals surface area contributed by atoms with Gasteiger partial charge in [0.15, 0.2) is 0 Å². The van der Waals surface area contributed by atoms with Crippen molar-refractivity contribution in [3.8, 4) is 5.75 Å². The molecule has 0 spiro atoms. The first-order valence-electron chi connectivity index (χ1n) is 8.07. The Morgan fingerprint density at radius 3 is 3.12 bits per heavy atom. The van der Waals surface area contributed by atoms with Crippen molar-refractivity contribution in [1.82, 2.24) is 20.1 Å². The number of aromatic nitrogens is 3. The minimum Gasteiger partial charge on any atom is -0.495 e. The molecule has 0 fully saturated rings. The van der Waals surface area contributed by atoms with Crippen LogP contribution in [0.4, 0.5) is 0 Å². The number of hydrogen-bond donors (Lipinski definition) is 1. The van der Waals surface area contributed by atoms with Gasteiger partial charge in [0.2, 0.25) is 5.91 Å². The second-order valence-electron chi connectivity index (χ2n) is 6.00. The van der Waals surface area contributed by atoms with Crippen LogP contribution in [0, 0.1) is 12.8 Å². The first-order valence-corrected chi connectivity index (χ1v) is 8.45. The van der Waals surface area contributed by atoms with Crippen molar-refractivity contribution < 1.29 is 9.53 Å². The number of nitrogens with one attached hydrogen (secondary N) is 1. The number of aryl methyl sites for hydroxylation is 2. The van der Waals surface area contributed by atoms with Gasteiger partial charge >= 0.3 is 0 Å². The SMILES string of the molecule is COc1cc(CCNC(=O)C2CCc3nc(C)nn3C2)ccc1Cl. The molecule has 7 heteroatoms. The van der Waals surface area contributed by atoms with Crippen molar-refractivity contribution in [1.29, 1.82) is 0 Å². The fraction of sp³-hybridized carbons (Fsp3) is 0.471. The summed E-state index contributed by atoms with van der Waals surface area (Å²) in [4.78, 5) is 16.7. The second-order valence-corrected chi connectivity index (χ2v) is 6.41. The van der Waals surface area contributed by atoms with Crippen LogP contribution in [0.25, 0.3) is 0 Å². The standard InChI is InChI=1S/C17H21ClN4O2/c1-11-20-16-6-4-13(10-22(16)21-11)17(23)19-8-7-12-3-5-14(18)15(9-12)24-2/h3,5,9,13H,4,6-8,10H2,1-2H3,(H,19,23). The Kier molecular flexibility index (Phi) is 5.04. The predicted octanol–water partition coefficient (Wildman–Crippen LogP) is 2.17. The van der Waals surface area contributed by atoms with Gasteiger partial charge < -0.3 is 10.1 Å². The van der Waals surface area contributed by atoms with Crippen LogP contribution in [0.3, 0.4) is 0 Å². The van der Waals surface area contributed by atoms with Crippen molar-refractivity contribution in [2.75, 3.05) is 13.7 Å². The van der Waals surface area contributed by atoms with E-state index in [-0.39, 0.29) is 11.8 Å². The fourth-order valence-electron chi connectivity index (χ4n) is 2.98. The average molecular weight is 349 g/mol. The molecule has 0 radical (unpaired) electrons. The van der Waals surface area contributed by atoms with E-state index in [0.29, 0.717) is 23.9 Å². The summed E-state index contributed by atoms with van der Waals surface area (Å²) in [7, 11) is 1.59. The first kappa shape index (κ1) is 16.8. The number of ether oxygens (including phenoxy) is 1. The van der Waals surface area contributed by atoms with Crippen molar-refractivity contribution in [2.45, 2.75) is 32.7 Å². The Morgan fingerprint density at radius 2 is 2.33 bits per heavy atom. The summed E-state index contributed by atoms with van der Waals surface area (Å²) in [5.74, 6) is 2.43. The number of halogens is 1. The van der Waals surface area contributed by atoms with Gasteiger partial charge in [-0.1, -0.05) is 17.7 Å². The van der Waals surface area contributed by atoms with Crippen LogP contribution in [-0.4, -0.2) is 34.3 Å². The first-order chi connectivity index (χ1) is 11.6. The molecule has 1 aromatic heterocycles. The number of amides is 1. The normalized spacial score (nSPS) is 16.5. The number of fused-ring (bicyclic) bond motifs is 1. The second kappa shape index (κ2) is 7.21. The fourth-order valence-corrected chi connectivity index (χ4v) is 3.18. The third kappa shape index (κ3) is 3.70. The number of nitrogens with zero attached hydrogens (tertiary/aromatic N) is 3. The summed E-state index contributed by atoms with van der Waals surface area (Å²) >= 11 is 6.02. The molecule has 1 N–H and O–H groups in total. The minimum absolute atomic E-state index is 0.0432. The topological polar surface area (TPSA) is 69.0 Å². The van der Waals surface area contributed by atoms with Gasteiger partial charge in [0.25, 0.3) is 0 Å². The maximum absolute atomic E-state index is 12.4. The van der Waals surface area contributed by atoms with Gasteiger partial charge in [-0.3, -0.25) is 4.79 Å². The van der Waals surface area contributed by atoms with Gasteiger partial charge in [-0.25, -0.2) is 9.67 Å². The predicted molar refractivity (Wildman–Crippen MR) is 91.3 cm³/mol. The smallest absolute Gasteiger partial charge is 0.225 e. The molecule has 1 aliphatic rings.